The molecule has 0 saturated carbocycles. The predicted molar refractivity (Wildman–Crippen MR) is 56.8 cm³/mol. The van der Waals surface area contributed by atoms with Gasteiger partial charge in [-0.25, -0.2) is 0 Å². The summed E-state index contributed by atoms with van der Waals surface area (Å²) in [5.41, 5.74) is 1.98. The lowest BCUT2D eigenvalue weighted by Gasteiger charge is -2.05. The summed E-state index contributed by atoms with van der Waals surface area (Å²) >= 11 is 0. The lowest BCUT2D eigenvalue weighted by Crippen LogP contribution is -2.16. The van der Waals surface area contributed by atoms with E-state index in [9.17, 15) is 4.79 Å². The Morgan fingerprint density at radius 2 is 1.93 bits per heavy atom. The minimum atomic E-state index is 0.00167. The molecule has 0 unspecified atom stereocenters. The van der Waals surface area contributed by atoms with E-state index >= 15 is 0 Å². The van der Waals surface area contributed by atoms with Crippen LogP contribution < -0.4 is 5.56 Å². The van der Waals surface area contributed by atoms with Gasteiger partial charge in [-0.05, 0) is 24.6 Å². The highest BCUT2D eigenvalue weighted by Crippen LogP contribution is 2.04. The number of pyridine rings is 1. The fourth-order valence-corrected chi connectivity index (χ4v) is 1.38. The van der Waals surface area contributed by atoms with Crippen molar-refractivity contribution in [3.63, 3.8) is 0 Å². The molecule has 0 aliphatic rings. The van der Waals surface area contributed by atoms with Crippen LogP contribution in [0.2, 0.25) is 0 Å². The first-order valence-corrected chi connectivity index (χ1v) is 4.52. The Bertz CT molecular complexity index is 485. The van der Waals surface area contributed by atoms with Crippen molar-refractivity contribution < 1.29 is 0 Å². The van der Waals surface area contributed by atoms with Gasteiger partial charge in [0.2, 0.25) is 0 Å². The summed E-state index contributed by atoms with van der Waals surface area (Å²) in [6, 6.07) is 13.0. The number of benzene rings is 1. The van der Waals surface area contributed by atoms with Gasteiger partial charge >= 0.3 is 0 Å². The fourth-order valence-electron chi connectivity index (χ4n) is 1.38. The zero-order chi connectivity index (χ0) is 9.97. The zero-order valence-electron chi connectivity index (χ0n) is 7.97. The van der Waals surface area contributed by atoms with E-state index in [4.69, 9.17) is 0 Å². The van der Waals surface area contributed by atoms with E-state index in [0.717, 1.165) is 11.3 Å². The molecule has 0 spiro atoms. The van der Waals surface area contributed by atoms with E-state index < -0.39 is 0 Å². The van der Waals surface area contributed by atoms with E-state index in [-0.39, 0.29) is 5.56 Å². The summed E-state index contributed by atoms with van der Waals surface area (Å²) < 4.78 is 1.65. The normalized spacial score (nSPS) is 10.1. The monoisotopic (exact) mass is 197 g/mol. The summed E-state index contributed by atoms with van der Waals surface area (Å²) in [6.07, 6.45) is 1.84. The third-order valence-corrected chi connectivity index (χ3v) is 2.09. The molecule has 0 fully saturated rings. The average Bonchev–Trinajstić information content (AvgIpc) is 2.23. The van der Waals surface area contributed by atoms with Gasteiger partial charge < -0.3 is 0 Å². The fraction of sp³-hybridized carbons (Fsp3) is 0.0833. The molecule has 1 heterocycles. The van der Waals surface area contributed by atoms with Gasteiger partial charge in [0.05, 0.1) is 0 Å². The highest BCUT2D eigenvalue weighted by atomic mass is 16.1. The van der Waals surface area contributed by atoms with Crippen molar-refractivity contribution >= 4 is 0 Å². The van der Waals surface area contributed by atoms with Crippen LogP contribution >= 0.6 is 0 Å². The van der Waals surface area contributed by atoms with Gasteiger partial charge in [0.1, 0.15) is 0 Å². The maximum Gasteiger partial charge on any atom is 0.255 e. The molecule has 0 aliphatic heterocycles. The topological polar surface area (TPSA) is 22.0 Å². The lowest BCUT2D eigenvalue weighted by molar-refractivity contribution is 0.976. The molecule has 0 N–H and O–H groups in total. The molecule has 1 aromatic carbocycles. The molecule has 14 heavy (non-hydrogen) atoms. The van der Waals surface area contributed by atoms with Gasteiger partial charge in [0.25, 0.3) is 5.56 Å². The first kappa shape index (κ1) is 8.75. The van der Waals surface area contributed by atoms with Crippen molar-refractivity contribution in [3.05, 3.63) is 64.6 Å². The number of hydrogen-bond donors (Lipinski definition) is 0. The molecule has 0 saturated heterocycles. The Hall–Kier alpha value is -1.83. The second kappa shape index (κ2) is 3.50. The van der Waals surface area contributed by atoms with Gasteiger partial charge in [0.15, 0.2) is 0 Å². The maximum absolute atomic E-state index is 11.5. The van der Waals surface area contributed by atoms with Crippen LogP contribution in [0.4, 0.5) is 0 Å². The molecule has 2 nitrogen and oxygen atoms in total. The van der Waals surface area contributed by atoms with Gasteiger partial charge in [-0.2, -0.15) is 0 Å². The molecule has 0 atom stereocenters. The van der Waals surface area contributed by atoms with E-state index in [1.54, 1.807) is 10.6 Å². The molecule has 2 aromatic rings. The summed E-state index contributed by atoms with van der Waals surface area (Å²) in [5.74, 6) is 0. The van der Waals surface area contributed by atoms with Gasteiger partial charge in [0, 0.05) is 18.0 Å². The Kier molecular flexibility index (Phi) is 2.19. The van der Waals surface area contributed by atoms with E-state index in [1.165, 1.54) is 0 Å². The summed E-state index contributed by atoms with van der Waals surface area (Å²) in [4.78, 5) is 11.5. The number of rotatable bonds is 1. The highest BCUT2D eigenvalue weighted by Gasteiger charge is 1.97. The Balaban J connectivity index is 2.63. The number of nitrogens with zero attached hydrogens (tertiary/aromatic N) is 1. The highest BCUT2D eigenvalue weighted by molar-refractivity contribution is 5.32. The molecule has 0 aliphatic carbocycles. The maximum atomic E-state index is 11.5. The number of para-hydroxylation sites is 1. The van der Waals surface area contributed by atoms with Crippen molar-refractivity contribution in [2.45, 2.75) is 6.92 Å². The van der Waals surface area contributed by atoms with Crippen LogP contribution in [0.5, 0.6) is 0 Å². The van der Waals surface area contributed by atoms with Gasteiger partial charge in [-0.15, -0.1) is 0 Å². The molecule has 0 bridgehead atoms. The number of hydrogen-bond acceptors (Lipinski definition) is 1. The summed E-state index contributed by atoms with van der Waals surface area (Å²) in [5, 5.41) is 0. The van der Waals surface area contributed by atoms with Crippen LogP contribution in [0.3, 0.4) is 0 Å². The Morgan fingerprint density at radius 1 is 1.21 bits per heavy atom. The average molecular weight is 197 g/mol. The lowest BCUT2D eigenvalue weighted by atomic mass is 10.3. The summed E-state index contributed by atoms with van der Waals surface area (Å²) in [7, 11) is 0. The molecule has 2 rings (SSSR count). The van der Waals surface area contributed by atoms with E-state index in [1.807, 2.05) is 49.5 Å². The molecule has 1 aromatic heterocycles. The first-order valence-electron chi connectivity index (χ1n) is 4.52. The van der Waals surface area contributed by atoms with Gasteiger partial charge in [-0.1, -0.05) is 24.3 Å². The third kappa shape index (κ3) is 1.59. The van der Waals surface area contributed by atoms with Crippen LogP contribution in [0.15, 0.2) is 53.5 Å². The smallest absolute Gasteiger partial charge is 0.255 e. The van der Waals surface area contributed by atoms with Crippen molar-refractivity contribution in [1.82, 2.24) is 4.57 Å². The van der Waals surface area contributed by atoms with Crippen LogP contribution in [0.25, 0.3) is 5.69 Å². The second-order valence-electron chi connectivity index (χ2n) is 3.25. The molecule has 0 radical (unpaired) electrons. The van der Waals surface area contributed by atoms with Gasteiger partial charge in [-0.3, -0.25) is 9.36 Å². The zero-order valence-corrected chi connectivity index (χ0v) is 7.97. The van der Waals surface area contributed by atoms with E-state index in [2.05, 4.69) is 0 Å². The minimum Gasteiger partial charge on any atom is -0.284 e. The summed E-state index contributed by atoms with van der Waals surface area (Å²) in [6.45, 7) is 1.97. The van der Waals surface area contributed by atoms with Crippen molar-refractivity contribution in [2.24, 2.45) is 0 Å². The molecule has 2 heteroatoms. The Labute approximate surface area is 82.4 Å². The number of aromatic nitrogens is 1. The predicted octanol–water partition coefficient (Wildman–Crippen LogP) is 2.15. The quantitative estimate of drug-likeness (QED) is 0.686. The van der Waals surface area contributed by atoms with Crippen molar-refractivity contribution in [3.8, 4) is 5.69 Å². The SMILES string of the molecule is Cc1ccc(=O)n(-[14c]2[14cH][14cH][14cH][14cH][14cH]2)c1. The molecular formula is C12H11NO. The molecule has 70 valence electrons. The Morgan fingerprint density at radius 3 is 2.64 bits per heavy atom. The molecular weight excluding hydrogens is 186 g/mol. The molecule has 0 amide bonds. The number of aryl methyl sites for hydroxylation is 1. The third-order valence-electron chi connectivity index (χ3n) is 2.09. The van der Waals surface area contributed by atoms with Crippen LogP contribution in [0, 0.1) is 6.92 Å². The van der Waals surface area contributed by atoms with Crippen molar-refractivity contribution in [2.75, 3.05) is 0 Å². The van der Waals surface area contributed by atoms with Crippen LogP contribution in [-0.4, -0.2) is 4.57 Å². The second-order valence-corrected chi connectivity index (χ2v) is 3.25. The standard InChI is InChI=1S/C12H11NO/c1-10-7-8-12(14)13(9-10)11-5-3-2-4-6-11/h2-9H,1H3/i2+2,3+2,4+2,5+2,6+2,11+2. The minimum absolute atomic E-state index is 0.00167. The van der Waals surface area contributed by atoms with Crippen LogP contribution in [0.1, 0.15) is 5.56 Å². The largest absolute Gasteiger partial charge is 0.284 e. The van der Waals surface area contributed by atoms with E-state index in [0.29, 0.717) is 0 Å². The first-order chi connectivity index (χ1) is 6.77. The van der Waals surface area contributed by atoms with Crippen LogP contribution in [-0.2, 0) is 0 Å². The van der Waals surface area contributed by atoms with Crippen molar-refractivity contribution in [1.29, 1.82) is 0 Å².